The minimum Gasteiger partial charge on any atom is -0.357 e. The summed E-state index contributed by atoms with van der Waals surface area (Å²) in [6, 6.07) is 7.80. The van der Waals surface area contributed by atoms with Gasteiger partial charge in [-0.15, -0.1) is 0 Å². The van der Waals surface area contributed by atoms with Crippen molar-refractivity contribution in [3.63, 3.8) is 0 Å². The summed E-state index contributed by atoms with van der Waals surface area (Å²) in [6.07, 6.45) is -4.79. The van der Waals surface area contributed by atoms with Gasteiger partial charge in [0.1, 0.15) is 11.9 Å². The maximum atomic E-state index is 13.5. The zero-order chi connectivity index (χ0) is 23.7. The predicted molar refractivity (Wildman–Crippen MR) is 107 cm³/mol. The van der Waals surface area contributed by atoms with Gasteiger partial charge in [-0.2, -0.15) is 22.7 Å². The first-order valence-corrected chi connectivity index (χ1v) is 10.8. The molecule has 2 aromatic carbocycles. The highest BCUT2D eigenvalue weighted by molar-refractivity contribution is 7.89. The third-order valence-electron chi connectivity index (χ3n) is 5.09. The molecule has 1 N–H and O–H groups in total. The molecule has 3 rings (SSSR count). The van der Waals surface area contributed by atoms with Gasteiger partial charge in [-0.05, 0) is 36.4 Å². The Hall–Kier alpha value is -3.17. The molecule has 2 aromatic rings. The number of benzene rings is 2. The van der Waals surface area contributed by atoms with Gasteiger partial charge < -0.3 is 10.2 Å². The van der Waals surface area contributed by atoms with Gasteiger partial charge in [-0.25, -0.2) is 12.8 Å². The van der Waals surface area contributed by atoms with Gasteiger partial charge in [-0.3, -0.25) is 4.79 Å². The minimum atomic E-state index is -4.79. The van der Waals surface area contributed by atoms with Crippen LogP contribution in [0.5, 0.6) is 0 Å². The average molecular weight is 470 g/mol. The fourth-order valence-electron chi connectivity index (χ4n) is 3.50. The molecule has 32 heavy (non-hydrogen) atoms. The van der Waals surface area contributed by atoms with Crippen LogP contribution in [-0.4, -0.2) is 51.4 Å². The topological polar surface area (TPSA) is 93.5 Å². The van der Waals surface area contributed by atoms with Crippen LogP contribution in [-0.2, 0) is 21.0 Å². The molecule has 0 radical (unpaired) electrons. The molecule has 0 spiro atoms. The molecule has 1 atom stereocenters. The molecule has 1 aliphatic rings. The molecule has 12 heteroatoms. The second-order valence-corrected chi connectivity index (χ2v) is 8.92. The third kappa shape index (κ3) is 4.53. The maximum absolute atomic E-state index is 13.5. The molecule has 7 nitrogen and oxygen atoms in total. The van der Waals surface area contributed by atoms with Crippen molar-refractivity contribution in [2.75, 3.05) is 31.6 Å². The van der Waals surface area contributed by atoms with Crippen LogP contribution in [0.2, 0.25) is 0 Å². The predicted octanol–water partition coefficient (Wildman–Crippen LogP) is 2.34. The smallest absolute Gasteiger partial charge is 0.357 e. The van der Waals surface area contributed by atoms with E-state index < -0.39 is 45.1 Å². The van der Waals surface area contributed by atoms with Gasteiger partial charge in [0.2, 0.25) is 15.9 Å². The summed E-state index contributed by atoms with van der Waals surface area (Å²) in [4.78, 5) is 13.6. The Morgan fingerprint density at radius 3 is 2.50 bits per heavy atom. The molecule has 170 valence electrons. The second kappa shape index (κ2) is 8.76. The van der Waals surface area contributed by atoms with Gasteiger partial charge in [0.25, 0.3) is 0 Å². The molecule has 1 saturated heterocycles. The van der Waals surface area contributed by atoms with E-state index in [1.54, 1.807) is 0 Å². The van der Waals surface area contributed by atoms with Crippen LogP contribution in [0.4, 0.5) is 23.2 Å². The van der Waals surface area contributed by atoms with E-state index >= 15 is 0 Å². The highest BCUT2D eigenvalue weighted by Crippen LogP contribution is 2.35. The monoisotopic (exact) mass is 470 g/mol. The lowest BCUT2D eigenvalue weighted by Gasteiger charge is -2.41. The average Bonchev–Trinajstić information content (AvgIpc) is 2.77. The van der Waals surface area contributed by atoms with Crippen molar-refractivity contribution in [3.8, 4) is 6.07 Å². The Labute approximate surface area is 181 Å². The Kier molecular flexibility index (Phi) is 6.43. The number of amides is 1. The first-order valence-electron chi connectivity index (χ1n) is 9.34. The number of carbonyl (C=O) groups is 1. The minimum absolute atomic E-state index is 0.0210. The van der Waals surface area contributed by atoms with Crippen LogP contribution >= 0.6 is 0 Å². The van der Waals surface area contributed by atoms with Crippen LogP contribution in [0.15, 0.2) is 47.4 Å². The standard InChI is InChI=1S/C20H18F4N4O3S/c1-26-19(29)18-12-27(32(30,31)16-4-2-3-14(21)9-16)7-8-28(18)15-6-5-13(11-25)17(10-15)20(22,23)24/h2-6,9-10,18H,7-8,12H2,1H3,(H,26,29). The number of anilines is 1. The summed E-state index contributed by atoms with van der Waals surface area (Å²) < 4.78 is 80.5. The first kappa shape index (κ1) is 23.5. The van der Waals surface area contributed by atoms with Gasteiger partial charge in [0.05, 0.1) is 22.1 Å². The zero-order valence-corrected chi connectivity index (χ0v) is 17.5. The summed E-state index contributed by atoms with van der Waals surface area (Å²) in [5, 5.41) is 11.4. The quantitative estimate of drug-likeness (QED) is 0.693. The van der Waals surface area contributed by atoms with Crippen molar-refractivity contribution in [2.45, 2.75) is 17.1 Å². The van der Waals surface area contributed by atoms with Crippen molar-refractivity contribution in [3.05, 3.63) is 59.4 Å². The molecular formula is C20H18F4N4O3S. The number of nitrogens with zero attached hydrogens (tertiary/aromatic N) is 3. The van der Waals surface area contributed by atoms with E-state index in [4.69, 9.17) is 5.26 Å². The summed E-state index contributed by atoms with van der Waals surface area (Å²) >= 11 is 0. The van der Waals surface area contributed by atoms with Crippen LogP contribution < -0.4 is 10.2 Å². The van der Waals surface area contributed by atoms with Gasteiger partial charge in [0.15, 0.2) is 0 Å². The third-order valence-corrected chi connectivity index (χ3v) is 6.95. The Bertz CT molecular complexity index is 1180. The van der Waals surface area contributed by atoms with E-state index in [-0.39, 0.29) is 30.2 Å². The molecule has 0 aliphatic carbocycles. The van der Waals surface area contributed by atoms with E-state index in [1.165, 1.54) is 36.2 Å². The lowest BCUT2D eigenvalue weighted by atomic mass is 10.0. The lowest BCUT2D eigenvalue weighted by molar-refractivity contribution is -0.137. The van der Waals surface area contributed by atoms with E-state index in [9.17, 15) is 30.8 Å². The fourth-order valence-corrected chi connectivity index (χ4v) is 4.97. The van der Waals surface area contributed by atoms with E-state index in [1.807, 2.05) is 0 Å². The number of rotatable bonds is 4. The highest BCUT2D eigenvalue weighted by Gasteiger charge is 2.39. The SMILES string of the molecule is CNC(=O)C1CN(S(=O)(=O)c2cccc(F)c2)CCN1c1ccc(C#N)c(C(F)(F)F)c1. The van der Waals surface area contributed by atoms with Crippen molar-refractivity contribution in [1.82, 2.24) is 9.62 Å². The van der Waals surface area contributed by atoms with Gasteiger partial charge in [0, 0.05) is 32.4 Å². The van der Waals surface area contributed by atoms with E-state index in [0.29, 0.717) is 0 Å². The Balaban J connectivity index is 1.98. The van der Waals surface area contributed by atoms with Gasteiger partial charge >= 0.3 is 6.18 Å². The van der Waals surface area contributed by atoms with Crippen molar-refractivity contribution in [2.24, 2.45) is 0 Å². The number of nitrogens with one attached hydrogen (secondary N) is 1. The molecule has 1 fully saturated rings. The van der Waals surface area contributed by atoms with Crippen LogP contribution in [0, 0.1) is 17.1 Å². The number of piperazine rings is 1. The molecule has 0 aromatic heterocycles. The van der Waals surface area contributed by atoms with Crippen molar-refractivity contribution >= 4 is 21.6 Å². The lowest BCUT2D eigenvalue weighted by Crippen LogP contribution is -2.60. The number of hydrogen-bond donors (Lipinski definition) is 1. The number of carbonyl (C=O) groups excluding carboxylic acids is 1. The number of alkyl halides is 3. The number of likely N-dealkylation sites (N-methyl/N-ethyl adjacent to an activating group) is 1. The van der Waals surface area contributed by atoms with Crippen LogP contribution in [0.3, 0.4) is 0 Å². The maximum Gasteiger partial charge on any atom is 0.417 e. The number of nitriles is 1. The van der Waals surface area contributed by atoms with Crippen LogP contribution in [0.1, 0.15) is 11.1 Å². The van der Waals surface area contributed by atoms with E-state index in [2.05, 4.69) is 5.32 Å². The number of hydrogen-bond acceptors (Lipinski definition) is 5. The number of halogens is 4. The second-order valence-electron chi connectivity index (χ2n) is 6.98. The zero-order valence-electron chi connectivity index (χ0n) is 16.7. The molecule has 1 aliphatic heterocycles. The first-order chi connectivity index (χ1) is 15.0. The largest absolute Gasteiger partial charge is 0.417 e. The summed E-state index contributed by atoms with van der Waals surface area (Å²) in [5.74, 6) is -1.35. The molecule has 0 saturated carbocycles. The summed E-state index contributed by atoms with van der Waals surface area (Å²) in [5.41, 5.74) is -1.69. The van der Waals surface area contributed by atoms with Crippen LogP contribution in [0.25, 0.3) is 0 Å². The molecule has 1 amide bonds. The molecule has 1 heterocycles. The fraction of sp³-hybridized carbons (Fsp3) is 0.300. The van der Waals surface area contributed by atoms with Gasteiger partial charge in [-0.1, -0.05) is 6.07 Å². The number of sulfonamides is 1. The Morgan fingerprint density at radius 1 is 1.19 bits per heavy atom. The van der Waals surface area contributed by atoms with E-state index in [0.717, 1.165) is 28.6 Å². The molecule has 1 unspecified atom stereocenters. The highest BCUT2D eigenvalue weighted by atomic mass is 32.2. The Morgan fingerprint density at radius 2 is 1.91 bits per heavy atom. The normalized spacial score (nSPS) is 17.6. The van der Waals surface area contributed by atoms with Crippen molar-refractivity contribution in [1.29, 1.82) is 5.26 Å². The van der Waals surface area contributed by atoms with Crippen molar-refractivity contribution < 1.29 is 30.8 Å². The molecule has 0 bridgehead atoms. The molecular weight excluding hydrogens is 452 g/mol. The summed E-state index contributed by atoms with van der Waals surface area (Å²) in [6.45, 7) is -0.608. The summed E-state index contributed by atoms with van der Waals surface area (Å²) in [7, 11) is -2.82.